The number of hydrogen-bond acceptors (Lipinski definition) is 1. The van der Waals surface area contributed by atoms with E-state index in [4.69, 9.17) is 0 Å². The lowest BCUT2D eigenvalue weighted by atomic mass is 10.1. The molecule has 0 aliphatic carbocycles. The van der Waals surface area contributed by atoms with Crippen LogP contribution in [0.5, 0.6) is 0 Å². The molecule has 0 aliphatic rings. The Morgan fingerprint density at radius 3 is 2.57 bits per heavy atom. The largest absolute Gasteiger partial charge is 0.295 e. The minimum absolute atomic E-state index is 0.0985. The summed E-state index contributed by atoms with van der Waals surface area (Å²) >= 11 is 0. The van der Waals surface area contributed by atoms with Crippen LogP contribution in [0, 0.1) is 0 Å². The van der Waals surface area contributed by atoms with Crippen LogP contribution in [-0.2, 0) is 4.79 Å². The number of carbonyl (C=O) groups excluding carboxylic acids is 1. The average molecular weight is 186 g/mol. The molecule has 1 heteroatoms. The molecule has 0 N–H and O–H groups in total. The van der Waals surface area contributed by atoms with Gasteiger partial charge in [0.15, 0.2) is 5.78 Å². The molecule has 0 fully saturated rings. The molecule has 1 rings (SSSR count). The quantitative estimate of drug-likeness (QED) is 0.521. The molecule has 0 aromatic heterocycles. The third-order valence-corrected chi connectivity index (χ3v) is 1.74. The third kappa shape index (κ3) is 3.85. The van der Waals surface area contributed by atoms with Crippen molar-refractivity contribution in [1.82, 2.24) is 0 Å². The van der Waals surface area contributed by atoms with Crippen molar-refractivity contribution >= 4 is 11.9 Å². The predicted molar refractivity (Wildman–Crippen MR) is 59.9 cm³/mol. The van der Waals surface area contributed by atoms with Gasteiger partial charge >= 0.3 is 0 Å². The Balaban J connectivity index is 2.56. The summed E-state index contributed by atoms with van der Waals surface area (Å²) in [5.41, 5.74) is 1.94. The summed E-state index contributed by atoms with van der Waals surface area (Å²) < 4.78 is 0. The number of hydrogen-bond donors (Lipinski definition) is 0. The molecule has 14 heavy (non-hydrogen) atoms. The third-order valence-electron chi connectivity index (χ3n) is 1.74. The van der Waals surface area contributed by atoms with Crippen molar-refractivity contribution in [1.29, 1.82) is 0 Å². The van der Waals surface area contributed by atoms with E-state index in [9.17, 15) is 4.79 Å². The van der Waals surface area contributed by atoms with Crippen LogP contribution in [0.3, 0.4) is 0 Å². The number of allylic oxidation sites excluding steroid dienone is 2. The van der Waals surface area contributed by atoms with E-state index in [0.717, 1.165) is 11.1 Å². The molecule has 0 radical (unpaired) electrons. The summed E-state index contributed by atoms with van der Waals surface area (Å²) in [7, 11) is 0. The van der Waals surface area contributed by atoms with Crippen LogP contribution >= 0.6 is 0 Å². The van der Waals surface area contributed by atoms with E-state index in [1.54, 1.807) is 6.08 Å². The molecule has 1 aromatic carbocycles. The van der Waals surface area contributed by atoms with Crippen molar-refractivity contribution in [3.63, 3.8) is 0 Å². The van der Waals surface area contributed by atoms with Crippen molar-refractivity contribution in [3.8, 4) is 0 Å². The van der Waals surface area contributed by atoms with Gasteiger partial charge < -0.3 is 0 Å². The number of ketones is 1. The molecule has 0 atom stereocenters. The Hall–Kier alpha value is -1.63. The predicted octanol–water partition coefficient (Wildman–Crippen LogP) is 3.24. The minimum atomic E-state index is 0.0985. The SMILES string of the molecule is C=C(C)CC(=O)C=Cc1ccccc1. The van der Waals surface area contributed by atoms with Gasteiger partial charge in [0.1, 0.15) is 0 Å². The van der Waals surface area contributed by atoms with Gasteiger partial charge in [-0.2, -0.15) is 0 Å². The zero-order valence-electron chi connectivity index (χ0n) is 8.36. The fourth-order valence-corrected chi connectivity index (χ4v) is 1.11. The van der Waals surface area contributed by atoms with E-state index in [2.05, 4.69) is 6.58 Å². The van der Waals surface area contributed by atoms with Crippen LogP contribution < -0.4 is 0 Å². The molecule has 1 aromatic rings. The van der Waals surface area contributed by atoms with E-state index < -0.39 is 0 Å². The lowest BCUT2D eigenvalue weighted by Crippen LogP contribution is -1.91. The maximum Gasteiger partial charge on any atom is 0.159 e. The molecular weight excluding hydrogens is 172 g/mol. The fourth-order valence-electron chi connectivity index (χ4n) is 1.11. The van der Waals surface area contributed by atoms with Crippen molar-refractivity contribution in [2.45, 2.75) is 13.3 Å². The highest BCUT2D eigenvalue weighted by atomic mass is 16.1. The van der Waals surface area contributed by atoms with Gasteiger partial charge in [-0.1, -0.05) is 48.6 Å². The van der Waals surface area contributed by atoms with E-state index in [1.807, 2.05) is 43.3 Å². The first-order valence-electron chi connectivity index (χ1n) is 4.59. The molecule has 0 aliphatic heterocycles. The fraction of sp³-hybridized carbons (Fsp3) is 0.154. The van der Waals surface area contributed by atoms with Crippen molar-refractivity contribution < 1.29 is 4.79 Å². The monoisotopic (exact) mass is 186 g/mol. The zero-order valence-corrected chi connectivity index (χ0v) is 8.36. The van der Waals surface area contributed by atoms with E-state index in [0.29, 0.717) is 6.42 Å². The Morgan fingerprint density at radius 2 is 2.00 bits per heavy atom. The van der Waals surface area contributed by atoms with Gasteiger partial charge in [0, 0.05) is 6.42 Å². The van der Waals surface area contributed by atoms with Crippen molar-refractivity contribution in [2.24, 2.45) is 0 Å². The smallest absolute Gasteiger partial charge is 0.159 e. The first-order valence-corrected chi connectivity index (χ1v) is 4.59. The van der Waals surface area contributed by atoms with Crippen LogP contribution in [0.15, 0.2) is 48.6 Å². The molecular formula is C13H14O. The lowest BCUT2D eigenvalue weighted by molar-refractivity contribution is -0.113. The molecule has 0 amide bonds. The first kappa shape index (κ1) is 10.5. The van der Waals surface area contributed by atoms with Gasteiger partial charge in [0.25, 0.3) is 0 Å². The van der Waals surface area contributed by atoms with Crippen LogP contribution in [0.1, 0.15) is 18.9 Å². The molecule has 0 unspecified atom stereocenters. The van der Waals surface area contributed by atoms with E-state index in [-0.39, 0.29) is 5.78 Å². The Morgan fingerprint density at radius 1 is 1.36 bits per heavy atom. The number of carbonyl (C=O) groups is 1. The summed E-state index contributed by atoms with van der Waals surface area (Å²) in [4.78, 5) is 11.3. The topological polar surface area (TPSA) is 17.1 Å². The molecule has 0 heterocycles. The number of rotatable bonds is 4. The molecule has 0 saturated heterocycles. The van der Waals surface area contributed by atoms with Crippen LogP contribution in [0.2, 0.25) is 0 Å². The number of benzene rings is 1. The second-order valence-corrected chi connectivity index (χ2v) is 3.34. The van der Waals surface area contributed by atoms with Crippen LogP contribution in [0.4, 0.5) is 0 Å². The van der Waals surface area contributed by atoms with Gasteiger partial charge in [-0.25, -0.2) is 0 Å². The highest BCUT2D eigenvalue weighted by Crippen LogP contribution is 2.03. The van der Waals surface area contributed by atoms with Gasteiger partial charge in [0.05, 0.1) is 0 Å². The highest BCUT2D eigenvalue weighted by molar-refractivity contribution is 5.94. The summed E-state index contributed by atoms with van der Waals surface area (Å²) in [5.74, 6) is 0.0985. The van der Waals surface area contributed by atoms with Gasteiger partial charge in [-0.15, -0.1) is 0 Å². The molecule has 0 saturated carbocycles. The lowest BCUT2D eigenvalue weighted by Gasteiger charge is -1.93. The molecule has 0 spiro atoms. The van der Waals surface area contributed by atoms with E-state index in [1.165, 1.54) is 0 Å². The normalized spacial score (nSPS) is 10.4. The van der Waals surface area contributed by atoms with Crippen molar-refractivity contribution in [2.75, 3.05) is 0 Å². The standard InChI is InChI=1S/C13H14O/c1-11(2)10-13(14)9-8-12-6-4-3-5-7-12/h3-9H,1,10H2,2H3. The summed E-state index contributed by atoms with van der Waals surface area (Å²) in [6, 6.07) is 9.77. The Bertz CT molecular complexity index is 347. The van der Waals surface area contributed by atoms with Gasteiger partial charge in [-0.3, -0.25) is 4.79 Å². The summed E-state index contributed by atoms with van der Waals surface area (Å²) in [6.07, 6.45) is 3.86. The summed E-state index contributed by atoms with van der Waals surface area (Å²) in [5, 5.41) is 0. The van der Waals surface area contributed by atoms with Crippen LogP contribution in [-0.4, -0.2) is 5.78 Å². The minimum Gasteiger partial charge on any atom is -0.295 e. The molecule has 1 nitrogen and oxygen atoms in total. The van der Waals surface area contributed by atoms with Crippen LogP contribution in [0.25, 0.3) is 6.08 Å². The zero-order chi connectivity index (χ0) is 10.4. The summed E-state index contributed by atoms with van der Waals surface area (Å²) in [6.45, 7) is 5.55. The Kier molecular flexibility index (Phi) is 3.86. The molecule has 0 bridgehead atoms. The first-order chi connectivity index (χ1) is 6.68. The van der Waals surface area contributed by atoms with E-state index >= 15 is 0 Å². The maximum absolute atomic E-state index is 11.3. The molecule has 72 valence electrons. The van der Waals surface area contributed by atoms with Crippen molar-refractivity contribution in [3.05, 3.63) is 54.1 Å². The highest BCUT2D eigenvalue weighted by Gasteiger charge is 1.95. The maximum atomic E-state index is 11.3. The average Bonchev–Trinajstić information content (AvgIpc) is 2.15. The van der Waals surface area contributed by atoms with Gasteiger partial charge in [-0.05, 0) is 18.6 Å². The second-order valence-electron chi connectivity index (χ2n) is 3.34. The Labute approximate surface area is 84.8 Å². The second kappa shape index (κ2) is 5.18. The van der Waals surface area contributed by atoms with Gasteiger partial charge in [0.2, 0.25) is 0 Å².